The van der Waals surface area contributed by atoms with Crippen LogP contribution in [0.25, 0.3) is 0 Å². The predicted molar refractivity (Wildman–Crippen MR) is 73.0 cm³/mol. The molecule has 2 aliphatic rings. The van der Waals surface area contributed by atoms with E-state index in [1.165, 1.54) is 12.8 Å². The Bertz CT molecular complexity index is 305. The number of aliphatic hydroxyl groups excluding tert-OH is 1. The molecule has 2 unspecified atom stereocenters. The average Bonchev–Trinajstić information content (AvgIpc) is 2.35. The van der Waals surface area contributed by atoms with Crippen molar-refractivity contribution < 1.29 is 15.0 Å². The van der Waals surface area contributed by atoms with Crippen LogP contribution in [0, 0.1) is 11.8 Å². The molecule has 5 heteroatoms. The first-order chi connectivity index (χ1) is 9.10. The Morgan fingerprint density at radius 2 is 2.05 bits per heavy atom. The second-order valence-electron chi connectivity index (χ2n) is 6.18. The molecule has 5 nitrogen and oxygen atoms in total. The van der Waals surface area contributed by atoms with Gasteiger partial charge in [-0.3, -0.25) is 9.69 Å². The minimum absolute atomic E-state index is 0.186. The average molecular weight is 270 g/mol. The van der Waals surface area contributed by atoms with Gasteiger partial charge in [0.15, 0.2) is 0 Å². The minimum Gasteiger partial charge on any atom is -0.481 e. The summed E-state index contributed by atoms with van der Waals surface area (Å²) < 4.78 is 0. The van der Waals surface area contributed by atoms with Gasteiger partial charge in [-0.2, -0.15) is 0 Å². The number of nitrogens with one attached hydrogen (secondary N) is 1. The number of aliphatic hydroxyl groups is 1. The van der Waals surface area contributed by atoms with Crippen LogP contribution in [0.15, 0.2) is 0 Å². The van der Waals surface area contributed by atoms with Gasteiger partial charge in [0.1, 0.15) is 0 Å². The van der Waals surface area contributed by atoms with Crippen LogP contribution < -0.4 is 5.32 Å². The van der Waals surface area contributed by atoms with Crippen molar-refractivity contribution in [2.45, 2.75) is 44.7 Å². The third-order valence-corrected chi connectivity index (χ3v) is 4.46. The zero-order valence-corrected chi connectivity index (χ0v) is 11.7. The van der Waals surface area contributed by atoms with Gasteiger partial charge >= 0.3 is 5.97 Å². The van der Waals surface area contributed by atoms with Gasteiger partial charge in [-0.05, 0) is 38.1 Å². The van der Waals surface area contributed by atoms with E-state index < -0.39 is 5.97 Å². The Morgan fingerprint density at radius 1 is 1.32 bits per heavy atom. The summed E-state index contributed by atoms with van der Waals surface area (Å²) in [5.41, 5.74) is 0. The number of carbonyl (C=O) groups is 1. The standard InChI is InChI=1S/C14H26N2O3/c1-10-5-13(6-10)16-8-11(14(18)19)7-12(9-16)15-3-2-4-17/h10-13,15,17H,2-9H2,1H3,(H,18,19). The summed E-state index contributed by atoms with van der Waals surface area (Å²) in [7, 11) is 0. The number of carboxylic acids is 1. The van der Waals surface area contributed by atoms with Gasteiger partial charge < -0.3 is 15.5 Å². The van der Waals surface area contributed by atoms with Crippen molar-refractivity contribution in [2.24, 2.45) is 11.8 Å². The molecule has 19 heavy (non-hydrogen) atoms. The second-order valence-corrected chi connectivity index (χ2v) is 6.18. The molecule has 0 aromatic heterocycles. The topological polar surface area (TPSA) is 72.8 Å². The predicted octanol–water partition coefficient (Wildman–Crippen LogP) is 0.532. The van der Waals surface area contributed by atoms with E-state index in [0.717, 1.165) is 25.4 Å². The van der Waals surface area contributed by atoms with Gasteiger partial charge in [-0.25, -0.2) is 0 Å². The normalized spacial score (nSPS) is 35.9. The monoisotopic (exact) mass is 270 g/mol. The van der Waals surface area contributed by atoms with Crippen molar-refractivity contribution >= 4 is 5.97 Å². The quantitative estimate of drug-likeness (QED) is 0.614. The molecule has 2 rings (SSSR count). The summed E-state index contributed by atoms with van der Waals surface area (Å²) in [4.78, 5) is 13.6. The van der Waals surface area contributed by atoms with Crippen LogP contribution >= 0.6 is 0 Å². The molecule has 110 valence electrons. The molecule has 1 saturated carbocycles. The molecule has 1 aliphatic heterocycles. The molecule has 0 amide bonds. The van der Waals surface area contributed by atoms with Crippen LogP contribution in [0.4, 0.5) is 0 Å². The fourth-order valence-corrected chi connectivity index (χ4v) is 3.30. The number of piperidine rings is 1. The maximum atomic E-state index is 11.3. The molecule has 1 saturated heterocycles. The number of carboxylic acid groups (broad SMARTS) is 1. The van der Waals surface area contributed by atoms with Crippen molar-refractivity contribution in [1.29, 1.82) is 0 Å². The zero-order valence-electron chi connectivity index (χ0n) is 11.7. The Morgan fingerprint density at radius 3 is 2.63 bits per heavy atom. The van der Waals surface area contributed by atoms with Crippen LogP contribution in [-0.2, 0) is 4.79 Å². The molecule has 0 radical (unpaired) electrons. The van der Waals surface area contributed by atoms with Crippen molar-refractivity contribution in [2.75, 3.05) is 26.2 Å². The van der Waals surface area contributed by atoms with Crippen molar-refractivity contribution in [3.8, 4) is 0 Å². The first kappa shape index (κ1) is 14.8. The Hall–Kier alpha value is -0.650. The summed E-state index contributed by atoms with van der Waals surface area (Å²) in [6, 6.07) is 0.830. The number of hydrogen-bond donors (Lipinski definition) is 3. The molecule has 2 atom stereocenters. The summed E-state index contributed by atoms with van der Waals surface area (Å²) in [5, 5.41) is 21.5. The van der Waals surface area contributed by atoms with Gasteiger partial charge in [0.25, 0.3) is 0 Å². The maximum absolute atomic E-state index is 11.3. The number of rotatable bonds is 6. The molecule has 0 aromatic rings. The van der Waals surface area contributed by atoms with E-state index >= 15 is 0 Å². The van der Waals surface area contributed by atoms with E-state index in [-0.39, 0.29) is 18.6 Å². The first-order valence-electron chi connectivity index (χ1n) is 7.41. The summed E-state index contributed by atoms with van der Waals surface area (Å²) >= 11 is 0. The first-order valence-corrected chi connectivity index (χ1v) is 7.41. The smallest absolute Gasteiger partial charge is 0.307 e. The van der Waals surface area contributed by atoms with E-state index in [1.807, 2.05) is 0 Å². The van der Waals surface area contributed by atoms with E-state index in [0.29, 0.717) is 19.0 Å². The number of hydrogen-bond acceptors (Lipinski definition) is 4. The Labute approximate surface area is 115 Å². The molecule has 2 fully saturated rings. The lowest BCUT2D eigenvalue weighted by Crippen LogP contribution is -2.56. The molecule has 0 spiro atoms. The van der Waals surface area contributed by atoms with Crippen molar-refractivity contribution in [3.05, 3.63) is 0 Å². The Kier molecular flexibility index (Phi) is 5.19. The molecule has 0 bridgehead atoms. The summed E-state index contributed by atoms with van der Waals surface area (Å²) in [5.74, 6) is -0.140. The summed E-state index contributed by atoms with van der Waals surface area (Å²) in [6.07, 6.45) is 3.85. The fraction of sp³-hybridized carbons (Fsp3) is 0.929. The SMILES string of the molecule is CC1CC(N2CC(NCCCO)CC(C(=O)O)C2)C1. The molecular weight excluding hydrogens is 244 g/mol. The highest BCUT2D eigenvalue weighted by Gasteiger charge is 2.38. The van der Waals surface area contributed by atoms with E-state index in [9.17, 15) is 9.90 Å². The lowest BCUT2D eigenvalue weighted by molar-refractivity contribution is -0.145. The highest BCUT2D eigenvalue weighted by Crippen LogP contribution is 2.33. The molecule has 3 N–H and O–H groups in total. The van der Waals surface area contributed by atoms with E-state index in [4.69, 9.17) is 5.11 Å². The van der Waals surface area contributed by atoms with Crippen LogP contribution in [0.1, 0.15) is 32.6 Å². The lowest BCUT2D eigenvalue weighted by Gasteiger charge is -2.47. The van der Waals surface area contributed by atoms with Crippen molar-refractivity contribution in [3.63, 3.8) is 0 Å². The van der Waals surface area contributed by atoms with Gasteiger partial charge in [0.05, 0.1) is 5.92 Å². The van der Waals surface area contributed by atoms with Gasteiger partial charge in [-0.15, -0.1) is 0 Å². The third-order valence-electron chi connectivity index (χ3n) is 4.46. The lowest BCUT2D eigenvalue weighted by atomic mass is 9.79. The van der Waals surface area contributed by atoms with E-state index in [1.54, 1.807) is 0 Å². The zero-order chi connectivity index (χ0) is 13.8. The van der Waals surface area contributed by atoms with Gasteiger partial charge in [0, 0.05) is 31.8 Å². The maximum Gasteiger partial charge on any atom is 0.307 e. The number of aliphatic carboxylic acids is 1. The molecule has 1 aliphatic carbocycles. The fourth-order valence-electron chi connectivity index (χ4n) is 3.30. The second kappa shape index (κ2) is 6.68. The van der Waals surface area contributed by atoms with E-state index in [2.05, 4.69) is 17.1 Å². The Balaban J connectivity index is 1.87. The highest BCUT2D eigenvalue weighted by atomic mass is 16.4. The van der Waals surface area contributed by atoms with Crippen molar-refractivity contribution in [1.82, 2.24) is 10.2 Å². The summed E-state index contributed by atoms with van der Waals surface area (Å²) in [6.45, 7) is 4.86. The molecular formula is C14H26N2O3. The molecule has 1 heterocycles. The minimum atomic E-state index is -0.675. The highest BCUT2D eigenvalue weighted by molar-refractivity contribution is 5.70. The number of nitrogens with zero attached hydrogens (tertiary/aromatic N) is 1. The van der Waals surface area contributed by atoms with Crippen LogP contribution in [0.2, 0.25) is 0 Å². The molecule has 0 aromatic carbocycles. The third kappa shape index (κ3) is 3.91. The van der Waals surface area contributed by atoms with Gasteiger partial charge in [-0.1, -0.05) is 6.92 Å². The largest absolute Gasteiger partial charge is 0.481 e. The van der Waals surface area contributed by atoms with Crippen LogP contribution in [0.3, 0.4) is 0 Å². The van der Waals surface area contributed by atoms with Crippen LogP contribution in [0.5, 0.6) is 0 Å². The van der Waals surface area contributed by atoms with Crippen LogP contribution in [-0.4, -0.2) is 59.4 Å². The number of likely N-dealkylation sites (tertiary alicyclic amines) is 1. The van der Waals surface area contributed by atoms with Gasteiger partial charge in [0.2, 0.25) is 0 Å².